The summed E-state index contributed by atoms with van der Waals surface area (Å²) in [5.74, 6) is 0. The van der Waals surface area contributed by atoms with Gasteiger partial charge in [-0.05, 0) is 23.8 Å². The highest BCUT2D eigenvalue weighted by molar-refractivity contribution is 6.30. The molecule has 2 aromatic rings. The summed E-state index contributed by atoms with van der Waals surface area (Å²) in [5.41, 5.74) is 6.15. The summed E-state index contributed by atoms with van der Waals surface area (Å²) in [5, 5.41) is 0.548. The minimum absolute atomic E-state index is 0.266. The number of hydrogen-bond acceptors (Lipinski definition) is 3. The number of benzene rings is 1. The number of rotatable bonds is 2. The van der Waals surface area contributed by atoms with E-state index in [0.29, 0.717) is 10.7 Å². The van der Waals surface area contributed by atoms with Crippen LogP contribution in [0.4, 0.5) is 5.69 Å². The summed E-state index contributed by atoms with van der Waals surface area (Å²) in [4.78, 5) is 24.5. The van der Waals surface area contributed by atoms with Crippen molar-refractivity contribution >= 4 is 17.3 Å². The van der Waals surface area contributed by atoms with Crippen LogP contribution in [0, 0.1) is 0 Å². The zero-order valence-electron chi connectivity index (χ0n) is 8.81. The Bertz CT molecular complexity index is 660. The highest BCUT2D eigenvalue weighted by Gasteiger charge is 2.03. The van der Waals surface area contributed by atoms with Gasteiger partial charge < -0.3 is 5.73 Å². The Morgan fingerprint density at radius 2 is 2.06 bits per heavy atom. The molecular weight excluding hydrogens is 242 g/mol. The van der Waals surface area contributed by atoms with Gasteiger partial charge in [-0.15, -0.1) is 0 Å². The Kier molecular flexibility index (Phi) is 3.01. The van der Waals surface area contributed by atoms with E-state index in [0.717, 1.165) is 5.56 Å². The number of aromatic amines is 1. The lowest BCUT2D eigenvalue weighted by atomic mass is 10.2. The van der Waals surface area contributed by atoms with Crippen LogP contribution < -0.4 is 17.0 Å². The van der Waals surface area contributed by atoms with Crippen molar-refractivity contribution in [1.82, 2.24) is 9.55 Å². The lowest BCUT2D eigenvalue weighted by Gasteiger charge is -2.08. The molecule has 6 heteroatoms. The second kappa shape index (κ2) is 4.47. The van der Waals surface area contributed by atoms with E-state index >= 15 is 0 Å². The Labute approximate surface area is 101 Å². The SMILES string of the molecule is Nc1ccc(Cl)cc1Cn1ccc(=O)[nH]c1=O. The smallest absolute Gasteiger partial charge is 0.328 e. The van der Waals surface area contributed by atoms with E-state index in [2.05, 4.69) is 4.98 Å². The van der Waals surface area contributed by atoms with Crippen LogP contribution in [-0.2, 0) is 6.54 Å². The van der Waals surface area contributed by atoms with Crippen molar-refractivity contribution in [2.45, 2.75) is 6.54 Å². The zero-order valence-corrected chi connectivity index (χ0v) is 9.57. The number of nitrogens with zero attached hydrogens (tertiary/aromatic N) is 1. The lowest BCUT2D eigenvalue weighted by Crippen LogP contribution is -2.29. The van der Waals surface area contributed by atoms with Gasteiger partial charge in [0.1, 0.15) is 0 Å². The molecule has 0 saturated carbocycles. The second-order valence-corrected chi connectivity index (χ2v) is 4.02. The van der Waals surface area contributed by atoms with E-state index in [4.69, 9.17) is 17.3 Å². The predicted molar refractivity (Wildman–Crippen MR) is 66.3 cm³/mol. The fraction of sp³-hybridized carbons (Fsp3) is 0.0909. The number of nitrogens with two attached hydrogens (primary N) is 1. The highest BCUT2D eigenvalue weighted by Crippen LogP contribution is 2.18. The molecule has 0 aliphatic carbocycles. The van der Waals surface area contributed by atoms with Crippen molar-refractivity contribution in [3.8, 4) is 0 Å². The van der Waals surface area contributed by atoms with Gasteiger partial charge in [-0.2, -0.15) is 0 Å². The van der Waals surface area contributed by atoms with Crippen molar-refractivity contribution in [2.24, 2.45) is 0 Å². The Morgan fingerprint density at radius 1 is 1.29 bits per heavy atom. The standard InChI is InChI=1S/C11H10ClN3O2/c12-8-1-2-9(13)7(5-8)6-15-4-3-10(16)14-11(15)17/h1-5H,6,13H2,(H,14,16,17). The molecule has 2 rings (SSSR count). The monoisotopic (exact) mass is 251 g/mol. The van der Waals surface area contributed by atoms with E-state index in [1.54, 1.807) is 18.2 Å². The van der Waals surface area contributed by atoms with Gasteiger partial charge in [0.05, 0.1) is 6.54 Å². The molecule has 0 radical (unpaired) electrons. The number of H-pyrrole nitrogens is 1. The first-order valence-electron chi connectivity index (χ1n) is 4.90. The number of nitrogens with one attached hydrogen (secondary N) is 1. The number of aromatic nitrogens is 2. The van der Waals surface area contributed by atoms with Crippen LogP contribution in [0.25, 0.3) is 0 Å². The fourth-order valence-electron chi connectivity index (χ4n) is 1.46. The molecule has 0 aliphatic rings. The minimum atomic E-state index is -0.475. The maximum atomic E-state index is 11.5. The molecule has 88 valence electrons. The summed E-state index contributed by atoms with van der Waals surface area (Å²) < 4.78 is 1.35. The molecule has 1 aromatic carbocycles. The van der Waals surface area contributed by atoms with Gasteiger partial charge in [-0.3, -0.25) is 14.3 Å². The van der Waals surface area contributed by atoms with Gasteiger partial charge in [-0.25, -0.2) is 4.79 Å². The van der Waals surface area contributed by atoms with E-state index in [1.807, 2.05) is 0 Å². The van der Waals surface area contributed by atoms with Crippen molar-refractivity contribution in [1.29, 1.82) is 0 Å². The predicted octanol–water partition coefficient (Wildman–Crippen LogP) is 0.821. The molecular formula is C11H10ClN3O2. The molecule has 1 heterocycles. The third-order valence-corrected chi connectivity index (χ3v) is 2.58. The molecule has 0 spiro atoms. The largest absolute Gasteiger partial charge is 0.398 e. The van der Waals surface area contributed by atoms with E-state index < -0.39 is 11.2 Å². The van der Waals surface area contributed by atoms with Crippen LogP contribution in [0.15, 0.2) is 40.1 Å². The minimum Gasteiger partial charge on any atom is -0.398 e. The van der Waals surface area contributed by atoms with Crippen LogP contribution in [0.3, 0.4) is 0 Å². The number of nitrogen functional groups attached to an aromatic ring is 1. The van der Waals surface area contributed by atoms with Crippen molar-refractivity contribution in [2.75, 3.05) is 5.73 Å². The summed E-state index contributed by atoms with van der Waals surface area (Å²) in [6.45, 7) is 0.266. The third kappa shape index (κ3) is 2.57. The molecule has 0 bridgehead atoms. The Morgan fingerprint density at radius 3 is 2.76 bits per heavy atom. The summed E-state index contributed by atoms with van der Waals surface area (Å²) in [6.07, 6.45) is 1.42. The van der Waals surface area contributed by atoms with Crippen molar-refractivity contribution < 1.29 is 0 Å². The first-order chi connectivity index (χ1) is 8.06. The molecule has 5 nitrogen and oxygen atoms in total. The summed E-state index contributed by atoms with van der Waals surface area (Å²) >= 11 is 5.85. The zero-order chi connectivity index (χ0) is 12.4. The van der Waals surface area contributed by atoms with Crippen LogP contribution >= 0.6 is 11.6 Å². The summed E-state index contributed by atoms with van der Waals surface area (Å²) in [7, 11) is 0. The maximum Gasteiger partial charge on any atom is 0.328 e. The van der Waals surface area contributed by atoms with Crippen LogP contribution in [-0.4, -0.2) is 9.55 Å². The van der Waals surface area contributed by atoms with Crippen molar-refractivity contribution in [3.05, 3.63) is 61.9 Å². The van der Waals surface area contributed by atoms with Gasteiger partial charge in [0.25, 0.3) is 5.56 Å². The van der Waals surface area contributed by atoms with Crippen LogP contribution in [0.1, 0.15) is 5.56 Å². The van der Waals surface area contributed by atoms with E-state index in [1.165, 1.54) is 16.8 Å². The first-order valence-corrected chi connectivity index (χ1v) is 5.28. The van der Waals surface area contributed by atoms with Gasteiger partial charge in [-0.1, -0.05) is 11.6 Å². The van der Waals surface area contributed by atoms with Crippen LogP contribution in [0.5, 0.6) is 0 Å². The quantitative estimate of drug-likeness (QED) is 0.776. The molecule has 0 unspecified atom stereocenters. The number of anilines is 1. The van der Waals surface area contributed by atoms with E-state index in [-0.39, 0.29) is 6.54 Å². The summed E-state index contributed by atoms with van der Waals surface area (Å²) in [6, 6.07) is 6.32. The topological polar surface area (TPSA) is 80.9 Å². The molecule has 0 fully saturated rings. The molecule has 1 aromatic heterocycles. The average Bonchev–Trinajstić information content (AvgIpc) is 2.27. The van der Waals surface area contributed by atoms with Gasteiger partial charge in [0.15, 0.2) is 0 Å². The van der Waals surface area contributed by atoms with Crippen LogP contribution in [0.2, 0.25) is 5.02 Å². The van der Waals surface area contributed by atoms with Gasteiger partial charge in [0, 0.05) is 23.0 Å². The molecule has 0 saturated heterocycles. The third-order valence-electron chi connectivity index (χ3n) is 2.34. The average molecular weight is 252 g/mol. The lowest BCUT2D eigenvalue weighted by molar-refractivity contribution is 0.722. The normalized spacial score (nSPS) is 10.4. The first kappa shape index (κ1) is 11.5. The number of hydrogen-bond donors (Lipinski definition) is 2. The molecule has 0 amide bonds. The fourth-order valence-corrected chi connectivity index (χ4v) is 1.66. The van der Waals surface area contributed by atoms with E-state index in [9.17, 15) is 9.59 Å². The molecule has 0 atom stereocenters. The molecule has 17 heavy (non-hydrogen) atoms. The Hall–Kier alpha value is -2.01. The Balaban J connectivity index is 2.41. The second-order valence-electron chi connectivity index (χ2n) is 3.58. The number of halogens is 1. The van der Waals surface area contributed by atoms with Gasteiger partial charge >= 0.3 is 5.69 Å². The van der Waals surface area contributed by atoms with Gasteiger partial charge in [0.2, 0.25) is 0 Å². The maximum absolute atomic E-state index is 11.5. The van der Waals surface area contributed by atoms with Crippen molar-refractivity contribution in [3.63, 3.8) is 0 Å². The molecule has 3 N–H and O–H groups in total. The molecule has 0 aliphatic heterocycles. The highest BCUT2D eigenvalue weighted by atomic mass is 35.5.